The highest BCUT2D eigenvalue weighted by atomic mass is 19.4. The second-order valence-corrected chi connectivity index (χ2v) is 5.24. The number of rotatable bonds is 5. The summed E-state index contributed by atoms with van der Waals surface area (Å²) < 4.78 is 37.9. The predicted molar refractivity (Wildman–Crippen MR) is 87.1 cm³/mol. The number of carbonyl (C=O) groups is 1. The van der Waals surface area contributed by atoms with Crippen LogP contribution < -0.4 is 5.32 Å². The molecule has 0 spiro atoms. The summed E-state index contributed by atoms with van der Waals surface area (Å²) in [5, 5.41) is 22.7. The molecule has 2 aromatic carbocycles. The van der Waals surface area contributed by atoms with Crippen molar-refractivity contribution in [3.05, 3.63) is 75.3 Å². The van der Waals surface area contributed by atoms with Crippen LogP contribution >= 0.6 is 0 Å². The molecule has 26 heavy (non-hydrogen) atoms. The Bertz CT molecular complexity index is 863. The molecule has 6 nitrogen and oxygen atoms in total. The molecule has 1 amide bonds. The highest BCUT2D eigenvalue weighted by molar-refractivity contribution is 5.91. The first-order chi connectivity index (χ1) is 12.2. The van der Waals surface area contributed by atoms with Gasteiger partial charge in [0, 0.05) is 30.3 Å². The standard InChI is InChI=1S/C17H13F3N2O4/c18-17(19,20)13-3-1-2-11(8-13)4-7-16(24)21-10-12-9-14(22(25)26)5-6-15(12)23/h1-9,23H,10H2,(H,21,24)/b7-4+. The van der Waals surface area contributed by atoms with Gasteiger partial charge in [0.15, 0.2) is 0 Å². The average molecular weight is 366 g/mol. The molecule has 0 heterocycles. The Balaban J connectivity index is 2.02. The van der Waals surface area contributed by atoms with Crippen LogP contribution in [0, 0.1) is 10.1 Å². The SMILES string of the molecule is O=C(/C=C/c1cccc(C(F)(F)F)c1)NCc1cc([N+](=O)[O-])ccc1O. The molecule has 0 saturated carbocycles. The second-order valence-electron chi connectivity index (χ2n) is 5.24. The van der Waals surface area contributed by atoms with Gasteiger partial charge in [-0.25, -0.2) is 0 Å². The number of carbonyl (C=O) groups excluding carboxylic acids is 1. The van der Waals surface area contributed by atoms with Crippen LogP contribution in [0.1, 0.15) is 16.7 Å². The van der Waals surface area contributed by atoms with Gasteiger partial charge in [0.25, 0.3) is 5.69 Å². The number of nitro groups is 1. The van der Waals surface area contributed by atoms with Crippen LogP contribution in [0.2, 0.25) is 0 Å². The monoisotopic (exact) mass is 366 g/mol. The van der Waals surface area contributed by atoms with Gasteiger partial charge in [-0.2, -0.15) is 13.2 Å². The van der Waals surface area contributed by atoms with Crippen molar-refractivity contribution in [1.82, 2.24) is 5.32 Å². The minimum atomic E-state index is -4.48. The van der Waals surface area contributed by atoms with Gasteiger partial charge in [-0.15, -0.1) is 0 Å². The fraction of sp³-hybridized carbons (Fsp3) is 0.118. The van der Waals surface area contributed by atoms with Gasteiger partial charge in [-0.3, -0.25) is 14.9 Å². The van der Waals surface area contributed by atoms with E-state index in [1.165, 1.54) is 18.2 Å². The van der Waals surface area contributed by atoms with Crippen molar-refractivity contribution < 1.29 is 28.0 Å². The highest BCUT2D eigenvalue weighted by Gasteiger charge is 2.30. The molecule has 9 heteroatoms. The van der Waals surface area contributed by atoms with E-state index in [9.17, 15) is 33.2 Å². The Morgan fingerprint density at radius 1 is 1.23 bits per heavy atom. The Morgan fingerprint density at radius 3 is 2.62 bits per heavy atom. The molecule has 0 aliphatic rings. The molecular weight excluding hydrogens is 353 g/mol. The Labute approximate surface area is 145 Å². The van der Waals surface area contributed by atoms with Crippen LogP contribution in [-0.2, 0) is 17.5 Å². The summed E-state index contributed by atoms with van der Waals surface area (Å²) in [6.45, 7) is -0.181. The third-order valence-corrected chi connectivity index (χ3v) is 3.37. The summed E-state index contributed by atoms with van der Waals surface area (Å²) in [7, 11) is 0. The number of halogens is 3. The fourth-order valence-electron chi connectivity index (χ4n) is 2.06. The molecule has 0 radical (unpaired) electrons. The van der Waals surface area contributed by atoms with Crippen molar-refractivity contribution in [3.8, 4) is 5.75 Å². The van der Waals surface area contributed by atoms with E-state index in [0.717, 1.165) is 36.4 Å². The van der Waals surface area contributed by atoms with Crippen molar-refractivity contribution in [1.29, 1.82) is 0 Å². The topological polar surface area (TPSA) is 92.5 Å². The fourth-order valence-corrected chi connectivity index (χ4v) is 2.06. The molecule has 0 aliphatic carbocycles. The highest BCUT2D eigenvalue weighted by Crippen LogP contribution is 2.29. The first kappa shape index (κ1) is 19.0. The number of aromatic hydroxyl groups is 1. The minimum Gasteiger partial charge on any atom is -0.508 e. The van der Waals surface area contributed by atoms with Gasteiger partial charge in [-0.05, 0) is 29.8 Å². The number of hydrogen-bond donors (Lipinski definition) is 2. The van der Waals surface area contributed by atoms with Crippen molar-refractivity contribution in [2.24, 2.45) is 0 Å². The molecule has 0 saturated heterocycles. The largest absolute Gasteiger partial charge is 0.508 e. The molecule has 136 valence electrons. The van der Waals surface area contributed by atoms with Crippen molar-refractivity contribution >= 4 is 17.7 Å². The molecule has 2 aromatic rings. The third-order valence-electron chi connectivity index (χ3n) is 3.37. The van der Waals surface area contributed by atoms with Crippen LogP contribution in [-0.4, -0.2) is 15.9 Å². The number of hydrogen-bond acceptors (Lipinski definition) is 4. The third kappa shape index (κ3) is 5.07. The summed E-state index contributed by atoms with van der Waals surface area (Å²) in [4.78, 5) is 21.8. The Hall–Kier alpha value is -3.36. The number of nitro benzene ring substituents is 1. The zero-order valence-electron chi connectivity index (χ0n) is 13.2. The first-order valence-electron chi connectivity index (χ1n) is 7.26. The molecule has 0 fully saturated rings. The van der Waals surface area contributed by atoms with Crippen LogP contribution in [0.3, 0.4) is 0 Å². The summed E-state index contributed by atoms with van der Waals surface area (Å²) >= 11 is 0. The molecule has 0 bridgehead atoms. The lowest BCUT2D eigenvalue weighted by Crippen LogP contribution is -2.20. The summed E-state index contributed by atoms with van der Waals surface area (Å²) in [5.74, 6) is -0.855. The maximum atomic E-state index is 12.6. The van der Waals surface area contributed by atoms with Gasteiger partial charge >= 0.3 is 6.18 Å². The average Bonchev–Trinajstić information content (AvgIpc) is 2.58. The number of non-ortho nitro benzene ring substituents is 1. The summed E-state index contributed by atoms with van der Waals surface area (Å²) in [6.07, 6.45) is -2.24. The number of nitrogens with zero attached hydrogens (tertiary/aromatic N) is 1. The van der Waals surface area contributed by atoms with E-state index in [-0.39, 0.29) is 29.1 Å². The second kappa shape index (κ2) is 7.68. The van der Waals surface area contributed by atoms with Crippen molar-refractivity contribution in [3.63, 3.8) is 0 Å². The molecule has 2 rings (SSSR count). The number of nitrogens with one attached hydrogen (secondary N) is 1. The first-order valence-corrected chi connectivity index (χ1v) is 7.26. The van der Waals surface area contributed by atoms with Gasteiger partial charge in [0.2, 0.25) is 5.91 Å². The number of phenols is 1. The molecular formula is C17H13F3N2O4. The normalized spacial score (nSPS) is 11.5. The maximum absolute atomic E-state index is 12.6. The lowest BCUT2D eigenvalue weighted by molar-refractivity contribution is -0.384. The van der Waals surface area contributed by atoms with Crippen LogP contribution in [0.15, 0.2) is 48.5 Å². The van der Waals surface area contributed by atoms with Crippen LogP contribution in [0.25, 0.3) is 6.08 Å². The molecule has 0 unspecified atom stereocenters. The van der Waals surface area contributed by atoms with E-state index in [0.29, 0.717) is 0 Å². The van der Waals surface area contributed by atoms with Gasteiger partial charge in [0.05, 0.1) is 10.5 Å². The smallest absolute Gasteiger partial charge is 0.416 e. The van der Waals surface area contributed by atoms with Crippen LogP contribution in [0.5, 0.6) is 5.75 Å². The van der Waals surface area contributed by atoms with E-state index in [2.05, 4.69) is 5.32 Å². The number of benzene rings is 2. The van der Waals surface area contributed by atoms with Gasteiger partial charge in [-0.1, -0.05) is 12.1 Å². The molecule has 0 atom stereocenters. The van der Waals surface area contributed by atoms with E-state index in [1.54, 1.807) is 0 Å². The number of alkyl halides is 3. The van der Waals surface area contributed by atoms with E-state index in [4.69, 9.17) is 0 Å². The zero-order valence-corrected chi connectivity index (χ0v) is 13.2. The van der Waals surface area contributed by atoms with E-state index >= 15 is 0 Å². The number of phenolic OH excluding ortho intramolecular Hbond substituents is 1. The molecule has 0 aromatic heterocycles. The van der Waals surface area contributed by atoms with Gasteiger partial charge in [0.1, 0.15) is 5.75 Å². The van der Waals surface area contributed by atoms with Crippen molar-refractivity contribution in [2.45, 2.75) is 12.7 Å². The predicted octanol–water partition coefficient (Wildman–Crippen LogP) is 3.65. The summed E-state index contributed by atoms with van der Waals surface area (Å²) in [5.41, 5.74) is -0.749. The summed E-state index contributed by atoms with van der Waals surface area (Å²) in [6, 6.07) is 7.82. The Morgan fingerprint density at radius 2 is 1.96 bits per heavy atom. The Kier molecular flexibility index (Phi) is 5.61. The van der Waals surface area contributed by atoms with Gasteiger partial charge < -0.3 is 10.4 Å². The maximum Gasteiger partial charge on any atom is 0.416 e. The lowest BCUT2D eigenvalue weighted by Gasteiger charge is -2.07. The quantitative estimate of drug-likeness (QED) is 0.480. The number of amides is 1. The lowest BCUT2D eigenvalue weighted by atomic mass is 10.1. The van der Waals surface area contributed by atoms with E-state index in [1.807, 2.05) is 0 Å². The van der Waals surface area contributed by atoms with Crippen molar-refractivity contribution in [2.75, 3.05) is 0 Å². The molecule has 0 aliphatic heterocycles. The van der Waals surface area contributed by atoms with Crippen LogP contribution in [0.4, 0.5) is 18.9 Å². The molecule has 2 N–H and O–H groups in total. The van der Waals surface area contributed by atoms with E-state index < -0.39 is 22.6 Å². The zero-order chi connectivity index (χ0) is 19.3. The minimum absolute atomic E-state index is 0.139.